The summed E-state index contributed by atoms with van der Waals surface area (Å²) in [6.07, 6.45) is -2.17. The van der Waals surface area contributed by atoms with Crippen molar-refractivity contribution in [2.75, 3.05) is 30.4 Å². The summed E-state index contributed by atoms with van der Waals surface area (Å²) in [6, 6.07) is 9.01. The van der Waals surface area contributed by atoms with E-state index in [2.05, 4.69) is 0 Å². The fourth-order valence-corrected chi connectivity index (χ4v) is 2.02. The molecule has 130 valence electrons. The van der Waals surface area contributed by atoms with Crippen LogP contribution in [-0.2, 0) is 0 Å². The SMILES string of the molecule is Nc1ccc(OCC(O)C(CO)Oc2ccc(N)cc2O)c(N)c1. The van der Waals surface area contributed by atoms with E-state index in [1.807, 2.05) is 0 Å². The van der Waals surface area contributed by atoms with E-state index in [4.69, 9.17) is 26.7 Å². The molecule has 2 rings (SSSR count). The van der Waals surface area contributed by atoms with Gasteiger partial charge in [0.25, 0.3) is 0 Å². The maximum atomic E-state index is 10.1. The van der Waals surface area contributed by atoms with Crippen molar-refractivity contribution in [3.8, 4) is 17.2 Å². The minimum Gasteiger partial charge on any atom is -0.504 e. The van der Waals surface area contributed by atoms with E-state index in [1.54, 1.807) is 12.1 Å². The van der Waals surface area contributed by atoms with E-state index < -0.39 is 18.8 Å². The molecule has 0 saturated heterocycles. The molecule has 2 atom stereocenters. The van der Waals surface area contributed by atoms with Gasteiger partial charge in [0.15, 0.2) is 17.6 Å². The Kier molecular flexibility index (Phi) is 5.56. The molecule has 2 aromatic carbocycles. The van der Waals surface area contributed by atoms with Gasteiger partial charge in [0, 0.05) is 17.4 Å². The number of hydrogen-bond acceptors (Lipinski definition) is 8. The van der Waals surface area contributed by atoms with Crippen molar-refractivity contribution in [3.05, 3.63) is 36.4 Å². The van der Waals surface area contributed by atoms with Gasteiger partial charge < -0.3 is 42.0 Å². The van der Waals surface area contributed by atoms with E-state index in [9.17, 15) is 15.3 Å². The number of nitrogens with two attached hydrogens (primary N) is 3. The van der Waals surface area contributed by atoms with Gasteiger partial charge in [0.2, 0.25) is 0 Å². The Morgan fingerprint density at radius 1 is 0.958 bits per heavy atom. The molecule has 0 fully saturated rings. The minimum absolute atomic E-state index is 0.0919. The van der Waals surface area contributed by atoms with Gasteiger partial charge in [0.1, 0.15) is 18.5 Å². The van der Waals surface area contributed by atoms with Gasteiger partial charge in [-0.05, 0) is 30.3 Å². The van der Waals surface area contributed by atoms with Crippen LogP contribution < -0.4 is 26.7 Å². The Hall–Kier alpha value is -2.84. The lowest BCUT2D eigenvalue weighted by molar-refractivity contribution is -0.0209. The van der Waals surface area contributed by atoms with Crippen LogP contribution in [0.2, 0.25) is 0 Å². The third-order valence-electron chi connectivity index (χ3n) is 3.31. The van der Waals surface area contributed by atoms with Crippen molar-refractivity contribution in [1.29, 1.82) is 0 Å². The molecule has 0 aliphatic rings. The van der Waals surface area contributed by atoms with Gasteiger partial charge in [-0.25, -0.2) is 0 Å². The molecule has 0 spiro atoms. The average molecular weight is 335 g/mol. The van der Waals surface area contributed by atoms with Crippen molar-refractivity contribution >= 4 is 17.1 Å². The summed E-state index contributed by atoms with van der Waals surface area (Å²) in [5.41, 5.74) is 18.1. The molecule has 2 aromatic rings. The van der Waals surface area contributed by atoms with Gasteiger partial charge in [-0.2, -0.15) is 0 Å². The number of hydrogen-bond donors (Lipinski definition) is 6. The largest absolute Gasteiger partial charge is 0.504 e. The number of anilines is 3. The lowest BCUT2D eigenvalue weighted by Crippen LogP contribution is -2.39. The predicted octanol–water partition coefficient (Wildman–Crippen LogP) is 0.318. The number of ether oxygens (including phenoxy) is 2. The molecule has 0 bridgehead atoms. The maximum Gasteiger partial charge on any atom is 0.161 e. The molecule has 0 aromatic heterocycles. The summed E-state index contributed by atoms with van der Waals surface area (Å²) >= 11 is 0. The fourth-order valence-electron chi connectivity index (χ4n) is 2.02. The normalized spacial score (nSPS) is 13.2. The molecule has 0 aliphatic heterocycles. The number of aliphatic hydroxyl groups is 2. The van der Waals surface area contributed by atoms with Gasteiger partial charge in [-0.3, -0.25) is 0 Å². The maximum absolute atomic E-state index is 10.1. The van der Waals surface area contributed by atoms with Crippen LogP contribution in [0.3, 0.4) is 0 Å². The topological polar surface area (TPSA) is 157 Å². The van der Waals surface area contributed by atoms with Gasteiger partial charge in [-0.15, -0.1) is 0 Å². The van der Waals surface area contributed by atoms with Gasteiger partial charge >= 0.3 is 0 Å². The number of rotatable bonds is 7. The molecule has 0 radical (unpaired) electrons. The van der Waals surface area contributed by atoms with E-state index in [-0.39, 0.29) is 18.1 Å². The van der Waals surface area contributed by atoms with Crippen LogP contribution in [0.15, 0.2) is 36.4 Å². The summed E-state index contributed by atoms with van der Waals surface area (Å²) in [5.74, 6) is 0.258. The minimum atomic E-state index is -1.16. The van der Waals surface area contributed by atoms with Crippen molar-refractivity contribution in [1.82, 2.24) is 0 Å². The van der Waals surface area contributed by atoms with Crippen LogP contribution in [-0.4, -0.2) is 40.7 Å². The average Bonchev–Trinajstić information content (AvgIpc) is 2.53. The van der Waals surface area contributed by atoms with Crippen LogP contribution in [0.25, 0.3) is 0 Å². The highest BCUT2D eigenvalue weighted by Crippen LogP contribution is 2.29. The Balaban J connectivity index is 1.99. The quantitative estimate of drug-likeness (QED) is 0.395. The van der Waals surface area contributed by atoms with Crippen molar-refractivity contribution in [2.45, 2.75) is 12.2 Å². The van der Waals surface area contributed by atoms with Crippen molar-refractivity contribution in [2.24, 2.45) is 0 Å². The lowest BCUT2D eigenvalue weighted by Gasteiger charge is -2.23. The van der Waals surface area contributed by atoms with Gasteiger partial charge in [-0.1, -0.05) is 0 Å². The first kappa shape index (κ1) is 17.5. The standard InChI is InChI=1S/C16H21N3O5/c17-9-1-3-14(11(19)5-9)23-8-13(22)16(7-20)24-15-4-2-10(18)6-12(15)21/h1-6,13,16,20-22H,7-8,17-19H2. The number of phenolic OH excluding ortho intramolecular Hbond substituents is 1. The number of benzene rings is 2. The van der Waals surface area contributed by atoms with Crippen LogP contribution in [0, 0.1) is 0 Å². The second-order valence-corrected chi connectivity index (χ2v) is 5.24. The smallest absolute Gasteiger partial charge is 0.161 e. The third kappa shape index (κ3) is 4.34. The zero-order valence-corrected chi connectivity index (χ0v) is 12.9. The molecular formula is C16H21N3O5. The van der Waals surface area contributed by atoms with E-state index in [0.717, 1.165) is 0 Å². The summed E-state index contributed by atoms with van der Waals surface area (Å²) in [7, 11) is 0. The van der Waals surface area contributed by atoms with Gasteiger partial charge in [0.05, 0.1) is 12.3 Å². The number of aromatic hydroxyl groups is 1. The lowest BCUT2D eigenvalue weighted by atomic mass is 10.2. The summed E-state index contributed by atoms with van der Waals surface area (Å²) < 4.78 is 10.8. The first-order chi connectivity index (χ1) is 11.4. The molecule has 0 saturated carbocycles. The van der Waals surface area contributed by atoms with Crippen LogP contribution in [0.4, 0.5) is 17.1 Å². The monoisotopic (exact) mass is 335 g/mol. The summed E-state index contributed by atoms with van der Waals surface area (Å²) in [5, 5.41) is 29.3. The highest BCUT2D eigenvalue weighted by molar-refractivity contribution is 5.60. The van der Waals surface area contributed by atoms with Crippen molar-refractivity contribution < 1.29 is 24.8 Å². The molecule has 0 heterocycles. The molecule has 8 nitrogen and oxygen atoms in total. The Morgan fingerprint density at radius 3 is 2.17 bits per heavy atom. The summed E-state index contributed by atoms with van der Waals surface area (Å²) in [4.78, 5) is 0. The highest BCUT2D eigenvalue weighted by Gasteiger charge is 2.22. The first-order valence-corrected chi connectivity index (χ1v) is 7.22. The van der Waals surface area contributed by atoms with Crippen LogP contribution in [0.5, 0.6) is 17.2 Å². The Morgan fingerprint density at radius 2 is 1.58 bits per heavy atom. The van der Waals surface area contributed by atoms with Crippen LogP contribution >= 0.6 is 0 Å². The second-order valence-electron chi connectivity index (χ2n) is 5.24. The zero-order valence-electron chi connectivity index (χ0n) is 12.9. The van der Waals surface area contributed by atoms with Crippen LogP contribution in [0.1, 0.15) is 0 Å². The molecule has 24 heavy (non-hydrogen) atoms. The second kappa shape index (κ2) is 7.62. The Bertz CT molecular complexity index is 695. The van der Waals surface area contributed by atoms with E-state index in [0.29, 0.717) is 22.8 Å². The Labute approximate surface area is 139 Å². The van der Waals surface area contributed by atoms with E-state index in [1.165, 1.54) is 24.3 Å². The number of phenols is 1. The molecule has 9 N–H and O–H groups in total. The molecule has 8 heteroatoms. The third-order valence-corrected chi connectivity index (χ3v) is 3.31. The van der Waals surface area contributed by atoms with E-state index >= 15 is 0 Å². The number of nitrogen functional groups attached to an aromatic ring is 3. The zero-order chi connectivity index (χ0) is 17.7. The molecule has 0 aliphatic carbocycles. The predicted molar refractivity (Wildman–Crippen MR) is 90.8 cm³/mol. The summed E-state index contributed by atoms with van der Waals surface area (Å²) in [6.45, 7) is -0.652. The first-order valence-electron chi connectivity index (χ1n) is 7.22. The van der Waals surface area contributed by atoms with Crippen molar-refractivity contribution in [3.63, 3.8) is 0 Å². The molecule has 2 unspecified atom stereocenters. The number of aliphatic hydroxyl groups excluding tert-OH is 2. The molecular weight excluding hydrogens is 314 g/mol. The molecule has 0 amide bonds. The highest BCUT2D eigenvalue weighted by atomic mass is 16.5. The fraction of sp³-hybridized carbons (Fsp3) is 0.250.